The van der Waals surface area contributed by atoms with E-state index in [4.69, 9.17) is 10.5 Å². The number of carbonyl (C=O) groups is 6. The minimum Gasteiger partial charge on any atom is -0.445 e. The van der Waals surface area contributed by atoms with Crippen molar-refractivity contribution in [3.63, 3.8) is 0 Å². The summed E-state index contributed by atoms with van der Waals surface area (Å²) in [4.78, 5) is 95.4. The fraction of sp³-hybridized carbons (Fsp3) is 0.533. The molecule has 1 aliphatic carbocycles. The van der Waals surface area contributed by atoms with Crippen LogP contribution in [0.1, 0.15) is 125 Å². The van der Waals surface area contributed by atoms with Gasteiger partial charge < -0.3 is 35.9 Å². The van der Waals surface area contributed by atoms with Crippen molar-refractivity contribution in [3.05, 3.63) is 78.0 Å². The Morgan fingerprint density at radius 3 is 2.48 bits per heavy atom. The zero-order chi connectivity index (χ0) is 45.0. The fourth-order valence-electron chi connectivity index (χ4n) is 8.87. The van der Waals surface area contributed by atoms with Gasteiger partial charge in [0, 0.05) is 56.0 Å². The van der Waals surface area contributed by atoms with Crippen LogP contribution < -0.4 is 16.4 Å². The van der Waals surface area contributed by atoms with Crippen molar-refractivity contribution >= 4 is 47.0 Å². The number of Topliss-reactive ketones (excluding diaryl/α,β-unsaturated/α-hetero) is 1. The van der Waals surface area contributed by atoms with Crippen LogP contribution in [0.2, 0.25) is 0 Å². The van der Waals surface area contributed by atoms with Gasteiger partial charge in [0.15, 0.2) is 11.4 Å². The van der Waals surface area contributed by atoms with E-state index in [0.717, 1.165) is 37.7 Å². The molecule has 5 N–H and O–H groups in total. The number of hydrogen-bond donors (Lipinski definition) is 4. The molecule has 4 heterocycles. The van der Waals surface area contributed by atoms with Crippen LogP contribution >= 0.6 is 0 Å². The maximum absolute atomic E-state index is 15.1. The summed E-state index contributed by atoms with van der Waals surface area (Å²) in [5.41, 5.74) is 4.87. The fourth-order valence-corrected chi connectivity index (χ4v) is 8.87. The van der Waals surface area contributed by atoms with E-state index in [0.29, 0.717) is 48.0 Å². The Morgan fingerprint density at radius 2 is 1.75 bits per heavy atom. The van der Waals surface area contributed by atoms with Crippen LogP contribution in [-0.4, -0.2) is 101 Å². The number of rotatable bonds is 21. The highest BCUT2D eigenvalue weighted by Crippen LogP contribution is 2.37. The number of unbranched alkanes of at least 4 members (excludes halogenated alkanes) is 1. The monoisotopic (exact) mass is 866 g/mol. The zero-order valence-electron chi connectivity index (χ0n) is 36.0. The summed E-state index contributed by atoms with van der Waals surface area (Å²) in [6.07, 6.45) is 12.0. The highest BCUT2D eigenvalue weighted by molar-refractivity contribution is 6.05. The molecule has 2 fully saturated rings. The molecule has 0 radical (unpaired) electrons. The number of primary amides is 1. The Morgan fingerprint density at radius 1 is 1.00 bits per heavy atom. The number of benzene rings is 1. The van der Waals surface area contributed by atoms with Crippen molar-refractivity contribution in [2.45, 2.75) is 127 Å². The number of ether oxygens (including phenoxy) is 1. The molecule has 1 aromatic carbocycles. The van der Waals surface area contributed by atoms with Crippen LogP contribution in [0.15, 0.2) is 61.2 Å². The molecule has 63 heavy (non-hydrogen) atoms. The number of nitrogens with two attached hydrogens (primary N) is 1. The van der Waals surface area contributed by atoms with Crippen molar-refractivity contribution < 1.29 is 38.6 Å². The average Bonchev–Trinajstić information content (AvgIpc) is 3.96. The normalized spacial score (nSPS) is 18.3. The molecule has 18 nitrogen and oxygen atoms in total. The molecular formula is C45H58N10O8. The minimum absolute atomic E-state index is 0.0163. The SMILES string of the molecule is CC(C)(O)c1cnnn1[C@H]1C[C@@H](C(=O)NC(C=O)(CCCCNC(=O)OCc2ccccc2)CC(N)=O)N(C(=O)[C@H](CCC(=O)c2ccnc3nccnc23)CC2CCCCC2)C1. The first-order valence-corrected chi connectivity index (χ1v) is 21.8. The molecule has 2 aliphatic rings. The Labute approximate surface area is 366 Å². The van der Waals surface area contributed by atoms with E-state index in [9.17, 15) is 29.1 Å². The summed E-state index contributed by atoms with van der Waals surface area (Å²) in [5.74, 6) is -2.40. The topological polar surface area (TPSA) is 255 Å². The number of carbonyl (C=O) groups excluding carboxylic acids is 6. The van der Waals surface area contributed by atoms with Crippen LogP contribution in [0.3, 0.4) is 0 Å². The van der Waals surface area contributed by atoms with Gasteiger partial charge in [-0.1, -0.05) is 67.6 Å². The molecule has 4 atom stereocenters. The number of aliphatic hydroxyl groups is 1. The third-order valence-corrected chi connectivity index (χ3v) is 12.1. The predicted octanol–water partition coefficient (Wildman–Crippen LogP) is 4.26. The van der Waals surface area contributed by atoms with Gasteiger partial charge in [0.1, 0.15) is 35.6 Å². The van der Waals surface area contributed by atoms with E-state index in [2.05, 4.69) is 35.9 Å². The number of aromatic nitrogens is 6. The Hall–Kier alpha value is -6.17. The molecule has 1 unspecified atom stereocenters. The second-order valence-corrected chi connectivity index (χ2v) is 17.4. The largest absolute Gasteiger partial charge is 0.445 e. The van der Waals surface area contributed by atoms with Gasteiger partial charge in [-0.15, -0.1) is 5.10 Å². The van der Waals surface area contributed by atoms with Crippen molar-refractivity contribution in [3.8, 4) is 0 Å². The maximum Gasteiger partial charge on any atom is 0.407 e. The van der Waals surface area contributed by atoms with E-state index in [1.54, 1.807) is 19.9 Å². The first kappa shape index (κ1) is 46.3. The second kappa shape index (κ2) is 21.3. The summed E-state index contributed by atoms with van der Waals surface area (Å²) in [5, 5.41) is 24.8. The van der Waals surface area contributed by atoms with Crippen molar-refractivity contribution in [2.24, 2.45) is 17.6 Å². The lowest BCUT2D eigenvalue weighted by molar-refractivity contribution is -0.143. The van der Waals surface area contributed by atoms with E-state index >= 15 is 4.79 Å². The zero-order valence-corrected chi connectivity index (χ0v) is 36.0. The molecule has 0 bridgehead atoms. The Balaban J connectivity index is 1.21. The van der Waals surface area contributed by atoms with Gasteiger partial charge in [0.05, 0.1) is 24.4 Å². The number of ketones is 1. The molecule has 1 aliphatic heterocycles. The highest BCUT2D eigenvalue weighted by Gasteiger charge is 2.46. The number of hydrogen-bond acceptors (Lipinski definition) is 13. The molecule has 1 saturated heterocycles. The third-order valence-electron chi connectivity index (χ3n) is 12.1. The minimum atomic E-state index is -1.71. The maximum atomic E-state index is 15.1. The third kappa shape index (κ3) is 12.3. The summed E-state index contributed by atoms with van der Waals surface area (Å²) in [7, 11) is 0. The standard InChI is InChI=1S/C45H58N10O8/c1-44(2,62)37-26-51-53-55(37)33-24-35(41(59)52-45(29-56,25-38(46)58)18-9-10-19-50-43(61)63-28-31-13-7-4-8-14-31)54(27-33)42(60)32(23-30-11-5-3-6-12-30)15-16-36(57)34-17-20-48-40-39(34)47-21-22-49-40/h4,7-8,13-14,17,20-22,26,29-30,32-33,35,62H,3,5-6,9-12,15-16,18-19,23-25,27-28H2,1-2H3,(H2,46,58)(H,50,61)(H,52,59)/t32-,33+,35+,45?/m1/s1. The van der Waals surface area contributed by atoms with E-state index in [1.807, 2.05) is 30.3 Å². The molecule has 4 aromatic rings. The highest BCUT2D eigenvalue weighted by atomic mass is 16.5. The summed E-state index contributed by atoms with van der Waals surface area (Å²) in [6.45, 7) is 3.51. The lowest BCUT2D eigenvalue weighted by Gasteiger charge is -2.34. The lowest BCUT2D eigenvalue weighted by atomic mass is 9.80. The van der Waals surface area contributed by atoms with Crippen LogP contribution in [0, 0.1) is 11.8 Å². The predicted molar refractivity (Wildman–Crippen MR) is 229 cm³/mol. The van der Waals surface area contributed by atoms with Crippen molar-refractivity contribution in [1.29, 1.82) is 0 Å². The number of pyridine rings is 1. The average molecular weight is 867 g/mol. The van der Waals surface area contributed by atoms with Crippen LogP contribution in [0.4, 0.5) is 4.79 Å². The number of nitrogens with one attached hydrogen (secondary N) is 2. The van der Waals surface area contributed by atoms with Gasteiger partial charge in [-0.25, -0.2) is 19.4 Å². The quantitative estimate of drug-likeness (QED) is 0.0520. The van der Waals surface area contributed by atoms with Gasteiger partial charge >= 0.3 is 6.09 Å². The molecule has 1 saturated carbocycles. The first-order valence-electron chi connectivity index (χ1n) is 21.8. The molecule has 18 heteroatoms. The number of alkyl carbamates (subject to hydrolysis) is 1. The van der Waals surface area contributed by atoms with E-state index in [-0.39, 0.29) is 63.0 Å². The molecule has 3 aromatic heterocycles. The smallest absolute Gasteiger partial charge is 0.407 e. The number of aldehydes is 1. The number of nitrogens with zero attached hydrogens (tertiary/aromatic N) is 7. The number of fused-ring (bicyclic) bond motifs is 1. The van der Waals surface area contributed by atoms with Gasteiger partial charge in [-0.3, -0.25) is 24.2 Å². The molecule has 336 valence electrons. The number of likely N-dealkylation sites (tertiary alicyclic amines) is 1. The van der Waals surface area contributed by atoms with Crippen LogP contribution in [0.5, 0.6) is 0 Å². The van der Waals surface area contributed by atoms with Gasteiger partial charge in [0.25, 0.3) is 0 Å². The first-order chi connectivity index (χ1) is 30.3. The summed E-state index contributed by atoms with van der Waals surface area (Å²) >= 11 is 0. The molecule has 6 rings (SSSR count). The van der Waals surface area contributed by atoms with Gasteiger partial charge in [-0.2, -0.15) is 0 Å². The second-order valence-electron chi connectivity index (χ2n) is 17.4. The Bertz CT molecular complexity index is 2220. The summed E-state index contributed by atoms with van der Waals surface area (Å²) in [6, 6.07) is 9.10. The van der Waals surface area contributed by atoms with Gasteiger partial charge in [0.2, 0.25) is 17.7 Å². The van der Waals surface area contributed by atoms with Gasteiger partial charge in [-0.05, 0) is 63.5 Å². The molecule has 0 spiro atoms. The molecular weight excluding hydrogens is 809 g/mol. The summed E-state index contributed by atoms with van der Waals surface area (Å²) < 4.78 is 6.79. The van der Waals surface area contributed by atoms with E-state index in [1.165, 1.54) is 34.4 Å². The lowest BCUT2D eigenvalue weighted by Crippen LogP contribution is -2.57. The van der Waals surface area contributed by atoms with Crippen LogP contribution in [0.25, 0.3) is 11.2 Å². The van der Waals surface area contributed by atoms with E-state index < -0.39 is 53.5 Å². The van der Waals surface area contributed by atoms with Crippen LogP contribution in [-0.2, 0) is 36.1 Å². The number of amides is 4. The Kier molecular flexibility index (Phi) is 15.6. The molecule has 4 amide bonds. The van der Waals surface area contributed by atoms with Crippen molar-refractivity contribution in [1.82, 2.24) is 45.5 Å². The van der Waals surface area contributed by atoms with Crippen molar-refractivity contribution in [2.75, 3.05) is 13.1 Å².